The SMILES string of the molecule is OC(CN1CCC(CNCc2cc[nH]c2)CC1)c1ccccc1. The second-order valence-electron chi connectivity index (χ2n) is 6.52. The summed E-state index contributed by atoms with van der Waals surface area (Å²) in [5.74, 6) is 0.749. The van der Waals surface area contributed by atoms with Crippen molar-refractivity contribution in [2.45, 2.75) is 25.5 Å². The average molecular weight is 313 g/mol. The molecule has 0 aliphatic carbocycles. The van der Waals surface area contributed by atoms with Gasteiger partial charge in [0.15, 0.2) is 0 Å². The predicted molar refractivity (Wildman–Crippen MR) is 93.1 cm³/mol. The summed E-state index contributed by atoms with van der Waals surface area (Å²) in [6.45, 7) is 4.94. The summed E-state index contributed by atoms with van der Waals surface area (Å²) in [6, 6.07) is 12.1. The smallest absolute Gasteiger partial charge is 0.0916 e. The maximum Gasteiger partial charge on any atom is 0.0916 e. The number of piperidine rings is 1. The number of nitrogens with one attached hydrogen (secondary N) is 2. The van der Waals surface area contributed by atoms with Gasteiger partial charge in [-0.25, -0.2) is 0 Å². The summed E-state index contributed by atoms with van der Waals surface area (Å²) in [5, 5.41) is 13.9. The van der Waals surface area contributed by atoms with Crippen molar-refractivity contribution < 1.29 is 5.11 Å². The number of hydrogen-bond donors (Lipinski definition) is 3. The van der Waals surface area contributed by atoms with Crippen LogP contribution in [-0.2, 0) is 6.54 Å². The first kappa shape index (κ1) is 16.2. The molecule has 1 fully saturated rings. The minimum atomic E-state index is -0.375. The number of β-amino-alcohol motifs (C(OH)–C–C–N with tert-alkyl or cyclic N) is 1. The minimum Gasteiger partial charge on any atom is -0.387 e. The normalized spacial score (nSPS) is 18.1. The van der Waals surface area contributed by atoms with Crippen molar-refractivity contribution in [2.24, 2.45) is 5.92 Å². The molecule has 0 radical (unpaired) electrons. The quantitative estimate of drug-likeness (QED) is 0.736. The van der Waals surface area contributed by atoms with Gasteiger partial charge < -0.3 is 20.3 Å². The average Bonchev–Trinajstić information content (AvgIpc) is 3.11. The summed E-state index contributed by atoms with van der Waals surface area (Å²) >= 11 is 0. The zero-order valence-electron chi connectivity index (χ0n) is 13.6. The molecule has 1 aliphatic heterocycles. The summed E-state index contributed by atoms with van der Waals surface area (Å²) in [6.07, 6.45) is 6.05. The maximum absolute atomic E-state index is 10.3. The number of aromatic amines is 1. The molecule has 2 heterocycles. The molecule has 1 saturated heterocycles. The molecule has 0 amide bonds. The van der Waals surface area contributed by atoms with Gasteiger partial charge in [-0.1, -0.05) is 30.3 Å². The fraction of sp³-hybridized carbons (Fsp3) is 0.474. The Labute approximate surface area is 138 Å². The molecule has 1 atom stereocenters. The van der Waals surface area contributed by atoms with E-state index < -0.39 is 0 Å². The molecule has 1 unspecified atom stereocenters. The van der Waals surface area contributed by atoms with Crippen LogP contribution in [0.4, 0.5) is 0 Å². The number of rotatable bonds is 7. The van der Waals surface area contributed by atoms with Crippen LogP contribution in [0.1, 0.15) is 30.1 Å². The first-order chi connectivity index (χ1) is 11.3. The molecule has 1 aromatic carbocycles. The van der Waals surface area contributed by atoms with E-state index in [9.17, 15) is 5.11 Å². The molecular weight excluding hydrogens is 286 g/mol. The molecule has 0 bridgehead atoms. The summed E-state index contributed by atoms with van der Waals surface area (Å²) in [4.78, 5) is 5.47. The third-order valence-corrected chi connectivity index (χ3v) is 4.75. The Hall–Kier alpha value is -1.62. The zero-order valence-corrected chi connectivity index (χ0v) is 13.6. The lowest BCUT2D eigenvalue weighted by atomic mass is 9.96. The van der Waals surface area contributed by atoms with Crippen LogP contribution in [0.2, 0.25) is 0 Å². The van der Waals surface area contributed by atoms with Gasteiger partial charge in [-0.15, -0.1) is 0 Å². The lowest BCUT2D eigenvalue weighted by Gasteiger charge is -2.33. The molecule has 23 heavy (non-hydrogen) atoms. The van der Waals surface area contributed by atoms with Crippen LogP contribution in [0.5, 0.6) is 0 Å². The van der Waals surface area contributed by atoms with Crippen molar-refractivity contribution in [3.63, 3.8) is 0 Å². The van der Waals surface area contributed by atoms with Crippen LogP contribution in [0.3, 0.4) is 0 Å². The van der Waals surface area contributed by atoms with Crippen LogP contribution in [0.15, 0.2) is 48.8 Å². The first-order valence-electron chi connectivity index (χ1n) is 8.59. The molecule has 2 aromatic rings. The molecule has 0 spiro atoms. The van der Waals surface area contributed by atoms with E-state index in [1.54, 1.807) is 0 Å². The second kappa shape index (κ2) is 8.29. The Morgan fingerprint density at radius 3 is 2.65 bits per heavy atom. The van der Waals surface area contributed by atoms with Gasteiger partial charge in [-0.05, 0) is 55.6 Å². The number of hydrogen-bond acceptors (Lipinski definition) is 3. The summed E-state index contributed by atoms with van der Waals surface area (Å²) in [7, 11) is 0. The Balaban J connectivity index is 1.35. The van der Waals surface area contributed by atoms with Crippen LogP contribution in [0.25, 0.3) is 0 Å². The molecule has 4 heteroatoms. The summed E-state index contributed by atoms with van der Waals surface area (Å²) in [5.41, 5.74) is 2.33. The zero-order chi connectivity index (χ0) is 15.9. The Morgan fingerprint density at radius 2 is 1.96 bits per heavy atom. The lowest BCUT2D eigenvalue weighted by molar-refractivity contribution is 0.0891. The first-order valence-corrected chi connectivity index (χ1v) is 8.59. The number of aromatic nitrogens is 1. The number of aliphatic hydroxyl groups excluding tert-OH is 1. The van der Waals surface area contributed by atoms with E-state index in [4.69, 9.17) is 0 Å². The highest BCUT2D eigenvalue weighted by Crippen LogP contribution is 2.20. The molecule has 4 nitrogen and oxygen atoms in total. The van der Waals surface area contributed by atoms with E-state index in [-0.39, 0.29) is 6.10 Å². The topological polar surface area (TPSA) is 51.3 Å². The van der Waals surface area contributed by atoms with Gasteiger partial charge in [0.2, 0.25) is 0 Å². The van der Waals surface area contributed by atoms with Crippen LogP contribution in [0, 0.1) is 5.92 Å². The fourth-order valence-electron chi connectivity index (χ4n) is 3.29. The highest BCUT2D eigenvalue weighted by molar-refractivity contribution is 5.17. The van der Waals surface area contributed by atoms with Gasteiger partial charge in [-0.2, -0.15) is 0 Å². The van der Waals surface area contributed by atoms with Crippen molar-refractivity contribution in [3.8, 4) is 0 Å². The van der Waals surface area contributed by atoms with Crippen molar-refractivity contribution in [3.05, 3.63) is 59.9 Å². The Morgan fingerprint density at radius 1 is 1.17 bits per heavy atom. The van der Waals surface area contributed by atoms with Gasteiger partial charge in [0.1, 0.15) is 0 Å². The third-order valence-electron chi connectivity index (χ3n) is 4.75. The lowest BCUT2D eigenvalue weighted by Crippen LogP contribution is -2.39. The van der Waals surface area contributed by atoms with Crippen molar-refractivity contribution in [1.82, 2.24) is 15.2 Å². The Kier molecular flexibility index (Phi) is 5.86. The van der Waals surface area contributed by atoms with E-state index >= 15 is 0 Å². The highest BCUT2D eigenvalue weighted by atomic mass is 16.3. The van der Waals surface area contributed by atoms with Crippen LogP contribution >= 0.6 is 0 Å². The second-order valence-corrected chi connectivity index (χ2v) is 6.52. The maximum atomic E-state index is 10.3. The van der Waals surface area contributed by atoms with E-state index in [0.717, 1.165) is 44.2 Å². The van der Waals surface area contributed by atoms with Gasteiger partial charge in [0, 0.05) is 25.5 Å². The van der Waals surface area contributed by atoms with Crippen LogP contribution in [-0.4, -0.2) is 41.2 Å². The van der Waals surface area contributed by atoms with Crippen molar-refractivity contribution >= 4 is 0 Å². The van der Waals surface area contributed by atoms with Crippen LogP contribution < -0.4 is 5.32 Å². The van der Waals surface area contributed by atoms with Gasteiger partial charge in [0.05, 0.1) is 6.10 Å². The number of benzene rings is 1. The predicted octanol–water partition coefficient (Wildman–Crippen LogP) is 2.55. The monoisotopic (exact) mass is 313 g/mol. The molecule has 124 valence electrons. The van der Waals surface area contributed by atoms with Gasteiger partial charge >= 0.3 is 0 Å². The molecule has 3 rings (SSSR count). The van der Waals surface area contributed by atoms with Crippen molar-refractivity contribution in [1.29, 1.82) is 0 Å². The fourth-order valence-corrected chi connectivity index (χ4v) is 3.29. The molecule has 1 aromatic heterocycles. The largest absolute Gasteiger partial charge is 0.387 e. The molecule has 0 saturated carbocycles. The van der Waals surface area contributed by atoms with Gasteiger partial charge in [-0.3, -0.25) is 0 Å². The number of nitrogens with zero attached hydrogens (tertiary/aromatic N) is 1. The highest BCUT2D eigenvalue weighted by Gasteiger charge is 2.21. The summed E-state index contributed by atoms with van der Waals surface area (Å²) < 4.78 is 0. The number of likely N-dealkylation sites (tertiary alicyclic amines) is 1. The van der Waals surface area contributed by atoms with Crippen molar-refractivity contribution in [2.75, 3.05) is 26.2 Å². The number of aliphatic hydroxyl groups is 1. The van der Waals surface area contributed by atoms with E-state index in [1.165, 1.54) is 18.4 Å². The van der Waals surface area contributed by atoms with E-state index in [1.807, 2.05) is 42.7 Å². The molecule has 3 N–H and O–H groups in total. The standard InChI is InChI=1S/C19H27N3O/c23-19(18-4-2-1-3-5-18)15-22-10-7-16(8-11-22)12-21-14-17-6-9-20-13-17/h1-6,9,13,16,19-21,23H,7-8,10-12,14-15H2. The molecular formula is C19H27N3O. The minimum absolute atomic E-state index is 0.375. The Bertz CT molecular complexity index is 547. The third kappa shape index (κ3) is 4.93. The molecule has 1 aliphatic rings. The van der Waals surface area contributed by atoms with Gasteiger partial charge in [0.25, 0.3) is 0 Å². The van der Waals surface area contributed by atoms with E-state index in [0.29, 0.717) is 0 Å². The number of H-pyrrole nitrogens is 1. The van der Waals surface area contributed by atoms with E-state index in [2.05, 4.69) is 21.3 Å².